The predicted octanol–water partition coefficient (Wildman–Crippen LogP) is 2.51. The van der Waals surface area contributed by atoms with Crippen molar-refractivity contribution in [2.45, 2.75) is 32.6 Å². The van der Waals surface area contributed by atoms with Crippen LogP contribution in [0.15, 0.2) is 29.1 Å². The van der Waals surface area contributed by atoms with Crippen LogP contribution in [0.25, 0.3) is 11.0 Å². The van der Waals surface area contributed by atoms with E-state index < -0.39 is 17.8 Å². The molecular weight excluding hydrogens is 335 g/mol. The Labute approximate surface area is 140 Å². The summed E-state index contributed by atoms with van der Waals surface area (Å²) in [5, 5.41) is 4.64. The molecule has 3 rings (SSSR count). The number of hydrogen-bond acceptors (Lipinski definition) is 4. The molecule has 1 aromatic carbocycles. The number of nitrogens with two attached hydrogens (primary N) is 1. The van der Waals surface area contributed by atoms with Crippen molar-refractivity contribution in [2.75, 3.05) is 0 Å². The van der Waals surface area contributed by atoms with E-state index in [9.17, 15) is 18.0 Å². The number of aryl methyl sites for hydroxylation is 1. The Balaban J connectivity index is 2.11. The van der Waals surface area contributed by atoms with Crippen molar-refractivity contribution in [2.24, 2.45) is 5.73 Å². The maximum Gasteiger partial charge on any atom is 0.416 e. The van der Waals surface area contributed by atoms with E-state index in [0.29, 0.717) is 28.1 Å². The molecule has 0 spiro atoms. The van der Waals surface area contributed by atoms with Gasteiger partial charge in [0, 0.05) is 6.54 Å². The summed E-state index contributed by atoms with van der Waals surface area (Å²) in [6.07, 6.45) is -4.39. The van der Waals surface area contributed by atoms with Crippen molar-refractivity contribution in [3.05, 3.63) is 57.3 Å². The van der Waals surface area contributed by atoms with E-state index >= 15 is 0 Å². The molecule has 0 aliphatic carbocycles. The molecule has 0 saturated heterocycles. The van der Waals surface area contributed by atoms with Crippen LogP contribution in [0.1, 0.15) is 35.6 Å². The Morgan fingerprint density at radius 1 is 1.28 bits per heavy atom. The first-order valence-electron chi connectivity index (χ1n) is 7.57. The fourth-order valence-electron chi connectivity index (χ4n) is 2.73. The summed E-state index contributed by atoms with van der Waals surface area (Å²) in [5.74, 6) is 0.418. The van der Waals surface area contributed by atoms with Crippen LogP contribution in [0.5, 0.6) is 0 Å². The summed E-state index contributed by atoms with van der Waals surface area (Å²) in [4.78, 5) is 19.1. The number of hydrogen-bond donors (Lipinski definition) is 2. The number of rotatable bonds is 3. The van der Waals surface area contributed by atoms with Crippen molar-refractivity contribution >= 4 is 11.0 Å². The lowest BCUT2D eigenvalue weighted by Crippen LogP contribution is -2.13. The maximum absolute atomic E-state index is 12.7. The topological polar surface area (TPSA) is 89.6 Å². The second-order valence-corrected chi connectivity index (χ2v) is 5.74. The molecule has 0 amide bonds. The molecule has 0 aliphatic rings. The quantitative estimate of drug-likeness (QED) is 0.759. The van der Waals surface area contributed by atoms with Crippen molar-refractivity contribution in [3.63, 3.8) is 0 Å². The van der Waals surface area contributed by atoms with Gasteiger partial charge in [0.2, 0.25) is 0 Å². The monoisotopic (exact) mass is 351 g/mol. The van der Waals surface area contributed by atoms with Crippen molar-refractivity contribution in [3.8, 4) is 0 Å². The summed E-state index contributed by atoms with van der Waals surface area (Å²) >= 11 is 0. The van der Waals surface area contributed by atoms with Gasteiger partial charge < -0.3 is 10.7 Å². The van der Waals surface area contributed by atoms with Gasteiger partial charge in [-0.15, -0.1) is 0 Å². The first kappa shape index (κ1) is 17.2. The molecule has 3 aromatic rings. The first-order chi connectivity index (χ1) is 11.7. The van der Waals surface area contributed by atoms with Gasteiger partial charge in [-0.05, 0) is 31.5 Å². The SMILES string of the molecule is Cc1nc2c(c(CN)nn2[C@H](C)c2ccc(C(F)(F)F)cc2)c(=O)[nH]1. The first-order valence-corrected chi connectivity index (χ1v) is 7.57. The zero-order chi connectivity index (χ0) is 18.4. The molecule has 6 nitrogen and oxygen atoms in total. The second-order valence-electron chi connectivity index (χ2n) is 5.74. The number of aromatic amines is 1. The number of fused-ring (bicyclic) bond motifs is 1. The highest BCUT2D eigenvalue weighted by Crippen LogP contribution is 2.31. The average molecular weight is 351 g/mol. The molecule has 0 fully saturated rings. The molecule has 0 saturated carbocycles. The van der Waals surface area contributed by atoms with Crippen LogP contribution in [0.3, 0.4) is 0 Å². The third-order valence-corrected chi connectivity index (χ3v) is 4.03. The fourth-order valence-corrected chi connectivity index (χ4v) is 2.73. The lowest BCUT2D eigenvalue weighted by molar-refractivity contribution is -0.137. The van der Waals surface area contributed by atoms with Gasteiger partial charge in [0.15, 0.2) is 5.65 Å². The number of benzene rings is 1. The highest BCUT2D eigenvalue weighted by atomic mass is 19.4. The predicted molar refractivity (Wildman–Crippen MR) is 86.0 cm³/mol. The molecule has 132 valence electrons. The van der Waals surface area contributed by atoms with E-state index in [1.54, 1.807) is 13.8 Å². The van der Waals surface area contributed by atoms with Gasteiger partial charge in [-0.2, -0.15) is 18.3 Å². The van der Waals surface area contributed by atoms with Gasteiger partial charge in [0.05, 0.1) is 17.3 Å². The lowest BCUT2D eigenvalue weighted by atomic mass is 10.1. The highest BCUT2D eigenvalue weighted by molar-refractivity contribution is 5.77. The van der Waals surface area contributed by atoms with Crippen molar-refractivity contribution in [1.82, 2.24) is 19.7 Å². The molecular formula is C16H16F3N5O. The summed E-state index contributed by atoms with van der Waals surface area (Å²) < 4.78 is 39.6. The Morgan fingerprint density at radius 2 is 1.92 bits per heavy atom. The Morgan fingerprint density at radius 3 is 2.48 bits per heavy atom. The molecule has 0 bridgehead atoms. The summed E-state index contributed by atoms with van der Waals surface area (Å²) in [6, 6.07) is 4.41. The lowest BCUT2D eigenvalue weighted by Gasteiger charge is -2.15. The zero-order valence-corrected chi connectivity index (χ0v) is 13.6. The number of aromatic nitrogens is 4. The van der Waals surface area contributed by atoms with Crippen LogP contribution in [-0.2, 0) is 12.7 Å². The Bertz CT molecular complexity index is 972. The largest absolute Gasteiger partial charge is 0.416 e. The van der Waals surface area contributed by atoms with Crippen LogP contribution in [0.4, 0.5) is 13.2 Å². The molecule has 25 heavy (non-hydrogen) atoms. The van der Waals surface area contributed by atoms with Crippen LogP contribution >= 0.6 is 0 Å². The molecule has 0 aliphatic heterocycles. The van der Waals surface area contributed by atoms with Crippen LogP contribution in [0, 0.1) is 6.92 Å². The molecule has 0 radical (unpaired) electrons. The van der Waals surface area contributed by atoms with Crippen molar-refractivity contribution < 1.29 is 13.2 Å². The fraction of sp³-hybridized carbons (Fsp3) is 0.312. The van der Waals surface area contributed by atoms with Gasteiger partial charge in [-0.3, -0.25) is 4.79 Å². The normalized spacial score (nSPS) is 13.4. The minimum atomic E-state index is -4.39. The van der Waals surface area contributed by atoms with Gasteiger partial charge in [0.25, 0.3) is 5.56 Å². The zero-order valence-electron chi connectivity index (χ0n) is 13.6. The van der Waals surface area contributed by atoms with E-state index in [2.05, 4.69) is 15.1 Å². The summed E-state index contributed by atoms with van der Waals surface area (Å²) in [6.45, 7) is 3.47. The highest BCUT2D eigenvalue weighted by Gasteiger charge is 2.30. The second kappa shape index (κ2) is 5.99. The molecule has 0 unspecified atom stereocenters. The van der Waals surface area contributed by atoms with Crippen molar-refractivity contribution in [1.29, 1.82) is 0 Å². The minimum absolute atomic E-state index is 0.0526. The van der Waals surface area contributed by atoms with Gasteiger partial charge in [-0.25, -0.2) is 9.67 Å². The van der Waals surface area contributed by atoms with Crippen LogP contribution in [0.2, 0.25) is 0 Å². The third-order valence-electron chi connectivity index (χ3n) is 4.03. The molecule has 1 atom stereocenters. The van der Waals surface area contributed by atoms with E-state index in [4.69, 9.17) is 5.73 Å². The number of H-pyrrole nitrogens is 1. The Kier molecular flexibility index (Phi) is 4.11. The van der Waals surface area contributed by atoms with E-state index in [0.717, 1.165) is 12.1 Å². The average Bonchev–Trinajstić information content (AvgIpc) is 2.92. The van der Waals surface area contributed by atoms with E-state index in [-0.39, 0.29) is 12.1 Å². The van der Waals surface area contributed by atoms with Crippen LogP contribution in [-0.4, -0.2) is 19.7 Å². The third kappa shape index (κ3) is 3.02. The molecule has 3 N–H and O–H groups in total. The summed E-state index contributed by atoms with van der Waals surface area (Å²) in [7, 11) is 0. The maximum atomic E-state index is 12.7. The number of halogens is 3. The minimum Gasteiger partial charge on any atom is -0.325 e. The van der Waals surface area contributed by atoms with Gasteiger partial charge >= 0.3 is 6.18 Å². The summed E-state index contributed by atoms with van der Waals surface area (Å²) in [5.41, 5.74) is 5.96. The molecule has 9 heteroatoms. The Hall–Kier alpha value is -2.68. The number of alkyl halides is 3. The molecule has 2 aromatic heterocycles. The van der Waals surface area contributed by atoms with E-state index in [1.807, 2.05) is 0 Å². The van der Waals surface area contributed by atoms with Gasteiger partial charge in [-0.1, -0.05) is 12.1 Å². The smallest absolute Gasteiger partial charge is 0.325 e. The number of nitrogens with zero attached hydrogens (tertiary/aromatic N) is 3. The van der Waals surface area contributed by atoms with Crippen LogP contribution < -0.4 is 11.3 Å². The van der Waals surface area contributed by atoms with E-state index in [1.165, 1.54) is 16.8 Å². The van der Waals surface area contributed by atoms with Gasteiger partial charge in [0.1, 0.15) is 11.2 Å². The molecule has 2 heterocycles. The number of nitrogens with one attached hydrogen (secondary N) is 1. The standard InChI is InChI=1S/C16H16F3N5O/c1-8(10-3-5-11(6-4-10)16(17,18)19)24-14-13(12(7-20)23-24)15(25)22-9(2)21-14/h3-6,8H,7,20H2,1-2H3,(H,21,22,25)/t8-/m1/s1.